The summed E-state index contributed by atoms with van der Waals surface area (Å²) in [5.41, 5.74) is 1.94. The molecular weight excluding hydrogens is 494 g/mol. The van der Waals surface area contributed by atoms with Crippen molar-refractivity contribution in [3.05, 3.63) is 89.6 Å². The Hall–Kier alpha value is -4.37. The van der Waals surface area contributed by atoms with E-state index in [-0.39, 0.29) is 24.0 Å². The van der Waals surface area contributed by atoms with Crippen LogP contribution in [-0.4, -0.2) is 53.7 Å². The Morgan fingerprint density at radius 1 is 0.923 bits per heavy atom. The van der Waals surface area contributed by atoms with Crippen molar-refractivity contribution in [1.29, 1.82) is 0 Å². The summed E-state index contributed by atoms with van der Waals surface area (Å²) in [6.07, 6.45) is 1.82. The maximum atomic E-state index is 13.9. The van der Waals surface area contributed by atoms with Gasteiger partial charge < -0.3 is 16.0 Å². The first-order chi connectivity index (χ1) is 18.7. The van der Waals surface area contributed by atoms with Crippen LogP contribution in [0.1, 0.15) is 42.3 Å². The van der Waals surface area contributed by atoms with Crippen LogP contribution in [0.2, 0.25) is 0 Å². The Bertz CT molecular complexity index is 1370. The van der Waals surface area contributed by atoms with Gasteiger partial charge in [-0.1, -0.05) is 62.4 Å². The molecule has 3 aromatic rings. The van der Waals surface area contributed by atoms with E-state index in [1.54, 1.807) is 74.8 Å². The van der Waals surface area contributed by atoms with Gasteiger partial charge >= 0.3 is 0 Å². The average molecular weight is 528 g/mol. The van der Waals surface area contributed by atoms with E-state index in [1.165, 1.54) is 4.90 Å². The predicted molar refractivity (Wildman–Crippen MR) is 149 cm³/mol. The van der Waals surface area contributed by atoms with Crippen LogP contribution in [0.4, 0.5) is 11.5 Å². The molecule has 1 aliphatic rings. The Morgan fingerprint density at radius 2 is 1.62 bits per heavy atom. The first kappa shape index (κ1) is 27.7. The number of aromatic nitrogens is 1. The van der Waals surface area contributed by atoms with Crippen LogP contribution < -0.4 is 20.9 Å². The van der Waals surface area contributed by atoms with Crippen molar-refractivity contribution in [2.45, 2.75) is 45.3 Å². The number of nitrogens with one attached hydrogen (secondary N) is 3. The Morgan fingerprint density at radius 3 is 2.31 bits per heavy atom. The summed E-state index contributed by atoms with van der Waals surface area (Å²) in [6.45, 7) is 5.37. The third-order valence-corrected chi connectivity index (χ3v) is 6.88. The predicted octanol–water partition coefficient (Wildman–Crippen LogP) is 2.96. The van der Waals surface area contributed by atoms with Gasteiger partial charge in [-0.25, -0.2) is 4.98 Å². The highest BCUT2D eigenvalue weighted by Crippen LogP contribution is 2.32. The number of rotatable bonds is 9. The highest BCUT2D eigenvalue weighted by molar-refractivity contribution is 6.15. The molecule has 0 aliphatic carbocycles. The highest BCUT2D eigenvalue weighted by Gasteiger charge is 2.43. The number of hydrogen-bond acceptors (Lipinski definition) is 6. The molecule has 3 N–H and O–H groups in total. The Kier molecular flexibility index (Phi) is 8.51. The molecule has 0 saturated heterocycles. The van der Waals surface area contributed by atoms with E-state index >= 15 is 0 Å². The molecule has 39 heavy (non-hydrogen) atoms. The lowest BCUT2D eigenvalue weighted by molar-refractivity contribution is -0.130. The van der Waals surface area contributed by atoms with Crippen molar-refractivity contribution in [3.8, 4) is 0 Å². The number of likely N-dealkylation sites (N-methyl/N-ethyl adjacent to an activating group) is 1. The van der Waals surface area contributed by atoms with Gasteiger partial charge in [-0.15, -0.1) is 0 Å². The average Bonchev–Trinajstić information content (AvgIpc) is 3.35. The first-order valence-corrected chi connectivity index (χ1v) is 13.0. The van der Waals surface area contributed by atoms with Gasteiger partial charge in [0.15, 0.2) is 5.78 Å². The van der Waals surface area contributed by atoms with Crippen LogP contribution in [0.5, 0.6) is 0 Å². The van der Waals surface area contributed by atoms with Gasteiger partial charge in [0.1, 0.15) is 17.9 Å². The van der Waals surface area contributed by atoms with Gasteiger partial charge in [0.25, 0.3) is 5.91 Å². The lowest BCUT2D eigenvalue weighted by atomic mass is 10.0. The van der Waals surface area contributed by atoms with Crippen molar-refractivity contribution >= 4 is 35.0 Å². The summed E-state index contributed by atoms with van der Waals surface area (Å²) >= 11 is 0. The molecule has 9 nitrogen and oxygen atoms in total. The number of carbonyl (C=O) groups is 4. The van der Waals surface area contributed by atoms with Crippen LogP contribution >= 0.6 is 0 Å². The molecular formula is C30H33N5O4. The lowest BCUT2D eigenvalue weighted by Crippen LogP contribution is -2.57. The van der Waals surface area contributed by atoms with Gasteiger partial charge in [0, 0.05) is 23.7 Å². The summed E-state index contributed by atoms with van der Waals surface area (Å²) in [6, 6.07) is 16.9. The van der Waals surface area contributed by atoms with E-state index < -0.39 is 29.9 Å². The summed E-state index contributed by atoms with van der Waals surface area (Å²) in [7, 11) is 1.66. The summed E-state index contributed by atoms with van der Waals surface area (Å²) in [5.74, 6) is -1.28. The largest absolute Gasteiger partial charge is 0.343 e. The number of anilines is 2. The maximum absolute atomic E-state index is 13.9. The standard InChI is InChI=1S/C30H33N5O4/c1-18(2)25(34-28(37)19(3)31-4)30(39)35-24(17-21-13-10-16-32-27(21)35)29(38)33-23-15-9-8-14-22(23)26(36)20-11-6-5-7-12-20/h5-16,18-19,24-25,31H,17H2,1-4H3,(H,33,38)(H,34,37)/t19-,24?,25-/m0/s1. The number of ketones is 1. The van der Waals surface area contributed by atoms with Gasteiger partial charge in [0.05, 0.1) is 11.7 Å². The SMILES string of the molecule is CN[C@@H](C)C(=O)N[C@H](C(=O)N1c2ncccc2CC1C(=O)Nc1ccccc1C(=O)c1ccccc1)C(C)C. The molecule has 0 radical (unpaired) electrons. The minimum absolute atomic E-state index is 0.225. The van der Waals surface area contributed by atoms with Crippen LogP contribution in [0.3, 0.4) is 0 Å². The lowest BCUT2D eigenvalue weighted by Gasteiger charge is -2.31. The second-order valence-electron chi connectivity index (χ2n) is 9.88. The van der Waals surface area contributed by atoms with Crippen LogP contribution in [0.25, 0.3) is 0 Å². The molecule has 1 aliphatic heterocycles. The van der Waals surface area contributed by atoms with Crippen molar-refractivity contribution in [2.75, 3.05) is 17.3 Å². The van der Waals surface area contributed by atoms with Gasteiger partial charge in [-0.3, -0.25) is 24.1 Å². The highest BCUT2D eigenvalue weighted by atomic mass is 16.2. The zero-order valence-corrected chi connectivity index (χ0v) is 22.5. The maximum Gasteiger partial charge on any atom is 0.251 e. The molecule has 0 bridgehead atoms. The van der Waals surface area contributed by atoms with Crippen molar-refractivity contribution < 1.29 is 19.2 Å². The number of pyridine rings is 1. The number of nitrogens with zero attached hydrogens (tertiary/aromatic N) is 2. The fourth-order valence-corrected chi connectivity index (χ4v) is 4.55. The van der Waals surface area contributed by atoms with E-state index in [1.807, 2.05) is 26.0 Å². The van der Waals surface area contributed by atoms with Crippen molar-refractivity contribution in [1.82, 2.24) is 15.6 Å². The molecule has 1 aromatic heterocycles. The van der Waals surface area contributed by atoms with E-state index in [9.17, 15) is 19.2 Å². The molecule has 2 aromatic carbocycles. The molecule has 3 atom stereocenters. The molecule has 1 unspecified atom stereocenters. The molecule has 0 spiro atoms. The fraction of sp³-hybridized carbons (Fsp3) is 0.300. The molecule has 0 fully saturated rings. The number of carbonyl (C=O) groups excluding carboxylic acids is 4. The quantitative estimate of drug-likeness (QED) is 0.368. The number of benzene rings is 2. The molecule has 4 rings (SSSR count). The minimum atomic E-state index is -0.915. The third kappa shape index (κ3) is 5.88. The Labute approximate surface area is 228 Å². The molecule has 0 saturated carbocycles. The van der Waals surface area contributed by atoms with E-state index in [4.69, 9.17) is 0 Å². The number of para-hydroxylation sites is 1. The molecule has 9 heteroatoms. The molecule has 202 valence electrons. The third-order valence-electron chi connectivity index (χ3n) is 6.88. The monoisotopic (exact) mass is 527 g/mol. The molecule has 2 heterocycles. The zero-order valence-electron chi connectivity index (χ0n) is 22.5. The van der Waals surface area contributed by atoms with E-state index in [2.05, 4.69) is 20.9 Å². The van der Waals surface area contributed by atoms with Crippen molar-refractivity contribution in [3.63, 3.8) is 0 Å². The fourth-order valence-electron chi connectivity index (χ4n) is 4.55. The summed E-state index contributed by atoms with van der Waals surface area (Å²) in [4.78, 5) is 59.3. The second kappa shape index (κ2) is 12.0. The van der Waals surface area contributed by atoms with Gasteiger partial charge in [-0.05, 0) is 43.7 Å². The van der Waals surface area contributed by atoms with E-state index in [0.717, 1.165) is 5.56 Å². The van der Waals surface area contributed by atoms with Gasteiger partial charge in [0.2, 0.25) is 11.8 Å². The second-order valence-corrected chi connectivity index (χ2v) is 9.88. The number of hydrogen-bond donors (Lipinski definition) is 3. The molecule has 3 amide bonds. The summed E-state index contributed by atoms with van der Waals surface area (Å²) < 4.78 is 0. The smallest absolute Gasteiger partial charge is 0.251 e. The van der Waals surface area contributed by atoms with Crippen LogP contribution in [0.15, 0.2) is 72.9 Å². The van der Waals surface area contributed by atoms with Crippen molar-refractivity contribution in [2.24, 2.45) is 5.92 Å². The van der Waals surface area contributed by atoms with Crippen LogP contribution in [-0.2, 0) is 20.8 Å². The normalized spacial score (nSPS) is 15.8. The Balaban J connectivity index is 1.64. The minimum Gasteiger partial charge on any atom is -0.343 e. The van der Waals surface area contributed by atoms with Crippen LogP contribution in [0, 0.1) is 5.92 Å². The van der Waals surface area contributed by atoms with E-state index in [0.29, 0.717) is 22.6 Å². The zero-order chi connectivity index (χ0) is 28.1. The number of amides is 3. The first-order valence-electron chi connectivity index (χ1n) is 13.0. The van der Waals surface area contributed by atoms with Gasteiger partial charge in [-0.2, -0.15) is 0 Å². The number of fused-ring (bicyclic) bond motifs is 1. The topological polar surface area (TPSA) is 120 Å². The summed E-state index contributed by atoms with van der Waals surface area (Å²) in [5, 5.41) is 8.58.